The summed E-state index contributed by atoms with van der Waals surface area (Å²) in [4.78, 5) is 0. The van der Waals surface area contributed by atoms with E-state index in [9.17, 15) is 0 Å². The highest BCUT2D eigenvalue weighted by Gasteiger charge is 2.40. The van der Waals surface area contributed by atoms with Crippen molar-refractivity contribution in [1.82, 2.24) is 0 Å². The van der Waals surface area contributed by atoms with Crippen molar-refractivity contribution in [3.05, 3.63) is 73.3 Å². The molecule has 0 N–H and O–H groups in total. The van der Waals surface area contributed by atoms with Gasteiger partial charge in [0, 0.05) is 0 Å². The first-order valence-electron chi connectivity index (χ1n) is 5.57. The number of halogens is 1. The van der Waals surface area contributed by atoms with Crippen molar-refractivity contribution in [2.24, 2.45) is 0 Å². The van der Waals surface area contributed by atoms with Gasteiger partial charge in [-0.15, -0.1) is 0 Å². The van der Waals surface area contributed by atoms with Crippen LogP contribution < -0.4 is 10.6 Å². The highest BCUT2D eigenvalue weighted by molar-refractivity contribution is 8.09. The molecule has 0 aliphatic heterocycles. The van der Waals surface area contributed by atoms with Crippen LogP contribution >= 0.6 is 17.9 Å². The Balaban J connectivity index is 2.50. The van der Waals surface area contributed by atoms with Gasteiger partial charge in [-0.05, 0) is 24.3 Å². The maximum absolute atomic E-state index is 6.93. The van der Waals surface area contributed by atoms with E-state index in [1.165, 1.54) is 10.6 Å². The van der Waals surface area contributed by atoms with Gasteiger partial charge >= 0.3 is 0 Å². The number of hydrogen-bond donors (Lipinski definition) is 0. The van der Waals surface area contributed by atoms with Gasteiger partial charge in [-0.3, -0.25) is 0 Å². The molecule has 2 aromatic carbocycles. The van der Waals surface area contributed by atoms with Crippen molar-refractivity contribution < 1.29 is 0 Å². The second-order valence-corrected chi connectivity index (χ2v) is 8.42. The molecular formula is C15H15ClP+. The maximum Gasteiger partial charge on any atom is 0.182 e. The summed E-state index contributed by atoms with van der Waals surface area (Å²) in [5.74, 6) is 0. The topological polar surface area (TPSA) is 0 Å². The molecule has 2 aromatic rings. The molecule has 0 radical (unpaired) electrons. The minimum Gasteiger partial charge on any atom is -0.0994 e. The largest absolute Gasteiger partial charge is 0.182 e. The van der Waals surface area contributed by atoms with Crippen molar-refractivity contribution in [2.45, 2.75) is 0 Å². The van der Waals surface area contributed by atoms with Crippen LogP contribution in [0.3, 0.4) is 0 Å². The minimum atomic E-state index is -1.82. The Morgan fingerprint density at radius 2 is 1.29 bits per heavy atom. The number of benzene rings is 2. The summed E-state index contributed by atoms with van der Waals surface area (Å²) in [5, 5.41) is 2.43. The lowest BCUT2D eigenvalue weighted by Crippen LogP contribution is -2.19. The first-order valence-corrected chi connectivity index (χ1v) is 8.45. The zero-order chi connectivity index (χ0) is 12.1. The van der Waals surface area contributed by atoms with Gasteiger partial charge in [0.1, 0.15) is 16.8 Å². The Morgan fingerprint density at radius 3 is 1.65 bits per heavy atom. The van der Waals surface area contributed by atoms with Crippen molar-refractivity contribution in [1.29, 1.82) is 0 Å². The van der Waals surface area contributed by atoms with E-state index < -0.39 is 6.62 Å². The van der Waals surface area contributed by atoms with Crippen LogP contribution in [-0.2, 0) is 0 Å². The summed E-state index contributed by atoms with van der Waals surface area (Å²) in [6, 6.07) is 20.6. The maximum atomic E-state index is 6.93. The Labute approximate surface area is 108 Å². The zero-order valence-corrected chi connectivity index (χ0v) is 11.2. The predicted octanol–water partition coefficient (Wildman–Crippen LogP) is 3.99. The van der Waals surface area contributed by atoms with Gasteiger partial charge in [0.2, 0.25) is 0 Å². The highest BCUT2D eigenvalue weighted by Crippen LogP contribution is 2.61. The molecule has 0 nitrogen and oxygen atoms in total. The fourth-order valence-corrected chi connectivity index (χ4v) is 5.20. The number of hydrogen-bond acceptors (Lipinski definition) is 0. The molecule has 0 spiro atoms. The molecular weight excluding hydrogens is 247 g/mol. The molecule has 0 amide bonds. The van der Waals surface area contributed by atoms with Crippen molar-refractivity contribution in [3.63, 3.8) is 0 Å². The fourth-order valence-electron chi connectivity index (χ4n) is 1.87. The van der Waals surface area contributed by atoms with Gasteiger partial charge in [0.25, 0.3) is 0 Å². The minimum absolute atomic E-state index is 0.822. The van der Waals surface area contributed by atoms with Crippen LogP contribution in [0.25, 0.3) is 0 Å². The number of allylic oxidation sites excluding steroid dienone is 1. The van der Waals surface area contributed by atoms with E-state index in [0.29, 0.717) is 0 Å². The average Bonchev–Trinajstić information content (AvgIpc) is 2.41. The van der Waals surface area contributed by atoms with Crippen LogP contribution in [0.2, 0.25) is 0 Å². The van der Waals surface area contributed by atoms with Crippen LogP contribution in [0, 0.1) is 0 Å². The predicted molar refractivity (Wildman–Crippen MR) is 80.0 cm³/mol. The average molecular weight is 262 g/mol. The third-order valence-corrected chi connectivity index (χ3v) is 7.29. The van der Waals surface area contributed by atoms with Crippen molar-refractivity contribution in [3.8, 4) is 0 Å². The second-order valence-electron chi connectivity index (χ2n) is 3.86. The van der Waals surface area contributed by atoms with Crippen LogP contribution in [0.15, 0.2) is 73.3 Å². The van der Waals surface area contributed by atoms with Gasteiger partial charge in [0.05, 0.1) is 11.2 Å². The molecule has 0 fully saturated rings. The van der Waals surface area contributed by atoms with Crippen molar-refractivity contribution in [2.75, 3.05) is 6.16 Å². The smallest absolute Gasteiger partial charge is 0.0994 e. The third-order valence-electron chi connectivity index (χ3n) is 2.71. The third kappa shape index (κ3) is 2.60. The van der Waals surface area contributed by atoms with E-state index in [-0.39, 0.29) is 0 Å². The van der Waals surface area contributed by atoms with Gasteiger partial charge in [-0.1, -0.05) is 49.1 Å². The van der Waals surface area contributed by atoms with E-state index in [4.69, 9.17) is 11.2 Å². The normalized spacial score (nSPS) is 11.1. The van der Waals surface area contributed by atoms with Crippen LogP contribution in [0.1, 0.15) is 0 Å². The Hall–Kier alpha value is -1.10. The molecule has 0 aliphatic rings. The standard InChI is InChI=1S/C15H15ClP/c1-2-13-17(16,14-9-5-3-6-10-14)15-11-7-4-8-12-15/h2-12H,1,13H2/q+1. The summed E-state index contributed by atoms with van der Waals surface area (Å²) in [6.45, 7) is 2.02. The fraction of sp³-hybridized carbons (Fsp3) is 0.0667. The summed E-state index contributed by atoms with van der Waals surface area (Å²) in [6.07, 6.45) is 2.74. The Morgan fingerprint density at radius 1 is 0.882 bits per heavy atom. The summed E-state index contributed by atoms with van der Waals surface area (Å²) in [7, 11) is 0. The molecule has 2 rings (SSSR count). The molecule has 0 saturated carbocycles. The van der Waals surface area contributed by atoms with Crippen molar-refractivity contribution >= 4 is 28.5 Å². The van der Waals surface area contributed by atoms with Crippen LogP contribution in [0.5, 0.6) is 0 Å². The lowest BCUT2D eigenvalue weighted by molar-refractivity contribution is 1.70. The molecule has 0 heterocycles. The van der Waals surface area contributed by atoms with E-state index >= 15 is 0 Å². The van der Waals surface area contributed by atoms with E-state index in [2.05, 4.69) is 30.8 Å². The monoisotopic (exact) mass is 261 g/mol. The molecule has 0 aromatic heterocycles. The molecule has 0 saturated heterocycles. The highest BCUT2D eigenvalue weighted by atomic mass is 35.7. The summed E-state index contributed by atoms with van der Waals surface area (Å²) in [5.41, 5.74) is 0. The first-order chi connectivity index (χ1) is 8.27. The molecule has 17 heavy (non-hydrogen) atoms. The lowest BCUT2D eigenvalue weighted by Gasteiger charge is -2.17. The zero-order valence-electron chi connectivity index (χ0n) is 9.59. The molecule has 0 bridgehead atoms. The molecule has 0 atom stereocenters. The lowest BCUT2D eigenvalue weighted by atomic mass is 10.4. The SMILES string of the molecule is C=CC[P+](Cl)(c1ccccc1)c1ccccc1. The number of rotatable bonds is 4. The second kappa shape index (κ2) is 5.49. The van der Waals surface area contributed by atoms with E-state index in [1.54, 1.807) is 0 Å². The molecule has 86 valence electrons. The summed E-state index contributed by atoms with van der Waals surface area (Å²) >= 11 is 6.93. The Bertz CT molecular complexity index is 439. The Kier molecular flexibility index (Phi) is 3.99. The van der Waals surface area contributed by atoms with E-state index in [0.717, 1.165) is 6.16 Å². The van der Waals surface area contributed by atoms with Gasteiger partial charge in [-0.2, -0.15) is 0 Å². The van der Waals surface area contributed by atoms with Gasteiger partial charge in [-0.25, -0.2) is 0 Å². The first kappa shape index (κ1) is 12.4. The molecule has 2 heteroatoms. The molecule has 0 unspecified atom stereocenters. The molecule has 0 aliphatic carbocycles. The van der Waals surface area contributed by atoms with Crippen LogP contribution in [-0.4, -0.2) is 6.16 Å². The summed E-state index contributed by atoms with van der Waals surface area (Å²) < 4.78 is 0. The van der Waals surface area contributed by atoms with E-state index in [1.807, 2.05) is 42.5 Å². The quantitative estimate of drug-likeness (QED) is 0.577. The van der Waals surface area contributed by atoms with Gasteiger partial charge in [0.15, 0.2) is 6.62 Å². The van der Waals surface area contributed by atoms with Crippen LogP contribution in [0.4, 0.5) is 0 Å². The van der Waals surface area contributed by atoms with Gasteiger partial charge < -0.3 is 0 Å².